The number of hydrogen-bond donors (Lipinski definition) is 1. The molecule has 0 atom stereocenters. The van der Waals surface area contributed by atoms with Crippen molar-refractivity contribution in [1.29, 1.82) is 0 Å². The topological polar surface area (TPSA) is 94.1 Å². The van der Waals surface area contributed by atoms with Gasteiger partial charge < -0.3 is 8.94 Å². The maximum atomic E-state index is 13.2. The summed E-state index contributed by atoms with van der Waals surface area (Å²) in [6.45, 7) is 0. The Morgan fingerprint density at radius 1 is 1.19 bits per heavy atom. The number of rotatable bonds is 6. The summed E-state index contributed by atoms with van der Waals surface area (Å²) in [6.07, 6.45) is 1.50. The number of carbonyl (C=O) groups excluding carboxylic acids is 1. The molecular formula is C17H11FN4O3S2. The summed E-state index contributed by atoms with van der Waals surface area (Å²) in [7, 11) is 0. The Balaban J connectivity index is 1.37. The van der Waals surface area contributed by atoms with E-state index in [1.807, 2.05) is 6.07 Å². The zero-order chi connectivity index (χ0) is 18.6. The molecule has 0 saturated heterocycles. The van der Waals surface area contributed by atoms with Crippen LogP contribution >= 0.6 is 23.1 Å². The second-order valence-corrected chi connectivity index (χ2v) is 7.50. The molecule has 1 N–H and O–H groups in total. The first-order chi connectivity index (χ1) is 13.2. The molecule has 0 fully saturated rings. The fourth-order valence-corrected chi connectivity index (χ4v) is 3.86. The number of aromatic nitrogens is 3. The molecule has 10 heteroatoms. The average Bonchev–Trinajstić information content (AvgIpc) is 3.40. The third kappa shape index (κ3) is 4.23. The molecule has 3 heterocycles. The number of thioether (sulfide) groups is 1. The van der Waals surface area contributed by atoms with Crippen LogP contribution in [0, 0.1) is 5.82 Å². The summed E-state index contributed by atoms with van der Waals surface area (Å²) in [5.41, 5.74) is 0.944. The van der Waals surface area contributed by atoms with Gasteiger partial charge in [0.05, 0.1) is 6.26 Å². The van der Waals surface area contributed by atoms with E-state index in [-0.39, 0.29) is 11.5 Å². The van der Waals surface area contributed by atoms with Crippen LogP contribution in [0.2, 0.25) is 0 Å². The van der Waals surface area contributed by atoms with Crippen LogP contribution in [-0.2, 0) is 5.75 Å². The first-order valence-corrected chi connectivity index (χ1v) is 9.50. The van der Waals surface area contributed by atoms with Crippen molar-refractivity contribution in [2.45, 2.75) is 10.1 Å². The lowest BCUT2D eigenvalue weighted by molar-refractivity contribution is 0.101. The van der Waals surface area contributed by atoms with E-state index in [1.54, 1.807) is 18.2 Å². The molecule has 3 aromatic heterocycles. The minimum Gasteiger partial charge on any atom is -0.461 e. The zero-order valence-electron chi connectivity index (χ0n) is 13.6. The molecule has 0 spiro atoms. The molecule has 136 valence electrons. The van der Waals surface area contributed by atoms with Gasteiger partial charge in [0.1, 0.15) is 5.82 Å². The Morgan fingerprint density at radius 3 is 2.93 bits per heavy atom. The van der Waals surface area contributed by atoms with Crippen LogP contribution in [0.1, 0.15) is 16.1 Å². The van der Waals surface area contributed by atoms with Gasteiger partial charge in [-0.15, -0.1) is 10.2 Å². The molecule has 4 aromatic rings. The van der Waals surface area contributed by atoms with Gasteiger partial charge in [-0.1, -0.05) is 40.4 Å². The van der Waals surface area contributed by atoms with Gasteiger partial charge in [0.15, 0.2) is 15.8 Å². The molecule has 7 nitrogen and oxygen atoms in total. The highest BCUT2D eigenvalue weighted by atomic mass is 32.2. The normalized spacial score (nSPS) is 10.9. The number of carbonyl (C=O) groups is 1. The van der Waals surface area contributed by atoms with E-state index >= 15 is 0 Å². The van der Waals surface area contributed by atoms with Crippen molar-refractivity contribution in [3.63, 3.8) is 0 Å². The standard InChI is InChI=1S/C17H11FN4O3S2/c18-11-4-1-3-10(7-11)9-26-17-21-20-16(27-17)19-15(23)12-8-14(25-22-12)13-5-2-6-24-13/h1-8H,9H2,(H,19,20,23). The molecule has 0 unspecified atom stereocenters. The number of hydrogen-bond acceptors (Lipinski definition) is 8. The average molecular weight is 402 g/mol. The van der Waals surface area contributed by atoms with Crippen LogP contribution in [0.15, 0.2) is 62.0 Å². The van der Waals surface area contributed by atoms with Gasteiger partial charge in [-0.25, -0.2) is 4.39 Å². The molecule has 0 radical (unpaired) electrons. The Bertz CT molecular complexity index is 1060. The molecule has 27 heavy (non-hydrogen) atoms. The molecular weight excluding hydrogens is 391 g/mol. The molecule has 0 aliphatic heterocycles. The highest BCUT2D eigenvalue weighted by Crippen LogP contribution is 2.29. The smallest absolute Gasteiger partial charge is 0.279 e. The number of benzene rings is 1. The first-order valence-electron chi connectivity index (χ1n) is 7.70. The summed E-state index contributed by atoms with van der Waals surface area (Å²) in [5, 5.41) is 14.6. The molecule has 0 saturated carbocycles. The van der Waals surface area contributed by atoms with Gasteiger partial charge in [0.2, 0.25) is 10.9 Å². The second kappa shape index (κ2) is 7.72. The van der Waals surface area contributed by atoms with Gasteiger partial charge in [0, 0.05) is 11.8 Å². The minimum absolute atomic E-state index is 0.102. The Labute approximate surface area is 160 Å². The maximum Gasteiger partial charge on any atom is 0.279 e. The lowest BCUT2D eigenvalue weighted by atomic mass is 10.2. The largest absolute Gasteiger partial charge is 0.461 e. The van der Waals surface area contributed by atoms with Crippen LogP contribution in [0.3, 0.4) is 0 Å². The SMILES string of the molecule is O=C(Nc1nnc(SCc2cccc(F)c2)s1)c1cc(-c2ccco2)on1. The van der Waals surface area contributed by atoms with Gasteiger partial charge in [-0.3, -0.25) is 10.1 Å². The van der Waals surface area contributed by atoms with Crippen molar-refractivity contribution in [3.8, 4) is 11.5 Å². The minimum atomic E-state index is -0.464. The fourth-order valence-electron chi connectivity index (χ4n) is 2.17. The third-order valence-electron chi connectivity index (χ3n) is 3.39. The predicted octanol–water partition coefficient (Wildman–Crippen LogP) is 4.47. The van der Waals surface area contributed by atoms with E-state index in [4.69, 9.17) is 8.94 Å². The lowest BCUT2D eigenvalue weighted by Crippen LogP contribution is -2.11. The summed E-state index contributed by atoms with van der Waals surface area (Å²) in [4.78, 5) is 12.2. The summed E-state index contributed by atoms with van der Waals surface area (Å²) < 4.78 is 24.1. The monoisotopic (exact) mass is 402 g/mol. The summed E-state index contributed by atoms with van der Waals surface area (Å²) >= 11 is 2.63. The van der Waals surface area contributed by atoms with Crippen molar-refractivity contribution in [3.05, 3.63) is 65.8 Å². The van der Waals surface area contributed by atoms with Gasteiger partial charge in [-0.2, -0.15) is 0 Å². The lowest BCUT2D eigenvalue weighted by Gasteiger charge is -1.98. The van der Waals surface area contributed by atoms with Crippen LogP contribution in [0.5, 0.6) is 0 Å². The van der Waals surface area contributed by atoms with E-state index in [2.05, 4.69) is 20.7 Å². The number of amides is 1. The van der Waals surface area contributed by atoms with Crippen molar-refractivity contribution in [2.24, 2.45) is 0 Å². The van der Waals surface area contributed by atoms with E-state index in [0.29, 0.717) is 26.7 Å². The van der Waals surface area contributed by atoms with E-state index in [9.17, 15) is 9.18 Å². The van der Waals surface area contributed by atoms with E-state index < -0.39 is 5.91 Å². The Kier molecular flexibility index (Phi) is 4.99. The van der Waals surface area contributed by atoms with Gasteiger partial charge in [-0.05, 0) is 29.8 Å². The first kappa shape index (κ1) is 17.4. The third-order valence-corrected chi connectivity index (χ3v) is 5.43. The fraction of sp³-hybridized carbons (Fsp3) is 0.0588. The molecule has 0 aliphatic rings. The summed E-state index contributed by atoms with van der Waals surface area (Å²) in [6, 6.07) is 11.3. The van der Waals surface area contributed by atoms with E-state index in [1.165, 1.54) is 47.6 Å². The molecule has 1 aromatic carbocycles. The summed E-state index contributed by atoms with van der Waals surface area (Å²) in [5.74, 6) is 0.646. The highest BCUT2D eigenvalue weighted by Gasteiger charge is 2.17. The van der Waals surface area contributed by atoms with Crippen LogP contribution in [-0.4, -0.2) is 21.3 Å². The van der Waals surface area contributed by atoms with Crippen molar-refractivity contribution >= 4 is 34.1 Å². The second-order valence-electron chi connectivity index (χ2n) is 5.30. The Hall–Kier alpha value is -2.98. The van der Waals surface area contributed by atoms with Crippen LogP contribution in [0.4, 0.5) is 9.52 Å². The molecule has 0 bridgehead atoms. The molecule has 4 rings (SSSR count). The van der Waals surface area contributed by atoms with Gasteiger partial charge >= 0.3 is 0 Å². The van der Waals surface area contributed by atoms with Crippen molar-refractivity contribution < 1.29 is 18.1 Å². The number of nitrogens with zero attached hydrogens (tertiary/aromatic N) is 3. The highest BCUT2D eigenvalue weighted by molar-refractivity contribution is 8.00. The number of anilines is 1. The maximum absolute atomic E-state index is 13.2. The molecule has 0 aliphatic carbocycles. The quantitative estimate of drug-likeness (QED) is 0.376. The number of nitrogens with one attached hydrogen (secondary N) is 1. The van der Waals surface area contributed by atoms with Crippen LogP contribution in [0.25, 0.3) is 11.5 Å². The van der Waals surface area contributed by atoms with Gasteiger partial charge in [0.25, 0.3) is 5.91 Å². The van der Waals surface area contributed by atoms with Crippen molar-refractivity contribution in [1.82, 2.24) is 15.4 Å². The van der Waals surface area contributed by atoms with Crippen LogP contribution < -0.4 is 5.32 Å². The zero-order valence-corrected chi connectivity index (χ0v) is 15.2. The van der Waals surface area contributed by atoms with E-state index in [0.717, 1.165) is 5.56 Å². The van der Waals surface area contributed by atoms with Crippen molar-refractivity contribution in [2.75, 3.05) is 5.32 Å². The number of halogens is 1. The molecule has 1 amide bonds. The predicted molar refractivity (Wildman–Crippen MR) is 98.0 cm³/mol. The Morgan fingerprint density at radius 2 is 2.11 bits per heavy atom. The number of furan rings is 1.